The molecule has 0 aromatic carbocycles. The lowest BCUT2D eigenvalue weighted by molar-refractivity contribution is 0.0804. The number of ketones is 1. The summed E-state index contributed by atoms with van der Waals surface area (Å²) in [5.74, 6) is 0.0213. The van der Waals surface area contributed by atoms with Gasteiger partial charge >= 0.3 is 0 Å². The van der Waals surface area contributed by atoms with Gasteiger partial charge in [-0.05, 0) is 22.4 Å². The van der Waals surface area contributed by atoms with Crippen molar-refractivity contribution in [1.29, 1.82) is 0 Å². The summed E-state index contributed by atoms with van der Waals surface area (Å²) in [5.41, 5.74) is 5.76. The molecule has 1 unspecified atom stereocenters. The summed E-state index contributed by atoms with van der Waals surface area (Å²) in [6.07, 6.45) is 2.33. The largest absolute Gasteiger partial charge is 0.383 e. The van der Waals surface area contributed by atoms with Crippen LogP contribution in [0, 0.1) is 5.41 Å². The van der Waals surface area contributed by atoms with Gasteiger partial charge in [-0.1, -0.05) is 13.8 Å². The maximum atomic E-state index is 12.6. The first-order valence-electron chi connectivity index (χ1n) is 5.95. The topological polar surface area (TPSA) is 70.1 Å². The molecule has 0 saturated heterocycles. The third-order valence-electron chi connectivity index (χ3n) is 3.30. The number of hydrogen-bond acceptors (Lipinski definition) is 4. The van der Waals surface area contributed by atoms with Crippen molar-refractivity contribution in [2.24, 2.45) is 11.1 Å². The highest BCUT2D eigenvalue weighted by molar-refractivity contribution is 9.10. The first-order valence-corrected chi connectivity index (χ1v) is 6.74. The molecule has 102 valence electrons. The summed E-state index contributed by atoms with van der Waals surface area (Å²) in [7, 11) is 1.62. The number of rotatable bonds is 7. The molecule has 0 aliphatic heterocycles. The van der Waals surface area contributed by atoms with Crippen molar-refractivity contribution in [1.82, 2.24) is 9.78 Å². The summed E-state index contributed by atoms with van der Waals surface area (Å²) in [5, 5.41) is 4.18. The van der Waals surface area contributed by atoms with Crippen LogP contribution < -0.4 is 5.73 Å². The Balaban J connectivity index is 3.08. The van der Waals surface area contributed by atoms with Crippen molar-refractivity contribution >= 4 is 21.7 Å². The molecule has 6 heteroatoms. The van der Waals surface area contributed by atoms with E-state index in [9.17, 15) is 4.79 Å². The van der Waals surface area contributed by atoms with Crippen LogP contribution in [0.1, 0.15) is 30.8 Å². The molecule has 1 rings (SSSR count). The molecule has 0 spiro atoms. The van der Waals surface area contributed by atoms with E-state index in [0.717, 1.165) is 0 Å². The molecule has 2 N–H and O–H groups in total. The second-order valence-electron chi connectivity index (χ2n) is 4.50. The number of carbonyl (C=O) groups is 1. The molecule has 5 nitrogen and oxygen atoms in total. The molecule has 18 heavy (non-hydrogen) atoms. The quantitative estimate of drug-likeness (QED) is 0.779. The summed E-state index contributed by atoms with van der Waals surface area (Å²) in [4.78, 5) is 12.6. The smallest absolute Gasteiger partial charge is 0.189 e. The van der Waals surface area contributed by atoms with E-state index in [0.29, 0.717) is 36.3 Å². The monoisotopic (exact) mass is 317 g/mol. The Hall–Kier alpha value is -0.720. The minimum atomic E-state index is -0.548. The summed E-state index contributed by atoms with van der Waals surface area (Å²) in [6.45, 7) is 5.24. The fourth-order valence-corrected chi connectivity index (χ4v) is 2.10. The maximum absolute atomic E-state index is 12.6. The third-order valence-corrected chi connectivity index (χ3v) is 3.88. The Bertz CT molecular complexity index is 413. The Morgan fingerprint density at radius 3 is 2.83 bits per heavy atom. The van der Waals surface area contributed by atoms with Gasteiger partial charge in [0.2, 0.25) is 0 Å². The van der Waals surface area contributed by atoms with Gasteiger partial charge in [0.15, 0.2) is 5.78 Å². The number of hydrogen-bond donors (Lipinski definition) is 1. The minimum absolute atomic E-state index is 0.0213. The number of methoxy groups -OCH3 is 1. The Labute approximate surface area is 116 Å². The lowest BCUT2D eigenvalue weighted by Gasteiger charge is -2.25. The highest BCUT2D eigenvalue weighted by Crippen LogP contribution is 2.29. The zero-order chi connectivity index (χ0) is 13.8. The van der Waals surface area contributed by atoms with E-state index >= 15 is 0 Å². The minimum Gasteiger partial charge on any atom is -0.383 e. The van der Waals surface area contributed by atoms with E-state index in [1.165, 1.54) is 0 Å². The predicted octanol–water partition coefficient (Wildman–Crippen LogP) is 1.85. The van der Waals surface area contributed by atoms with Crippen molar-refractivity contribution in [2.75, 3.05) is 20.3 Å². The van der Waals surface area contributed by atoms with Crippen LogP contribution in [0.5, 0.6) is 0 Å². The molecule has 0 aliphatic rings. The normalized spacial score (nSPS) is 14.5. The van der Waals surface area contributed by atoms with Gasteiger partial charge in [-0.2, -0.15) is 5.10 Å². The SMILES string of the molecule is CCC(C)(CN)C(=O)c1c(Br)cnn1CCOC. The number of ether oxygens (including phenoxy) is 1. The van der Waals surface area contributed by atoms with Gasteiger partial charge < -0.3 is 10.5 Å². The Kier molecular flexibility index (Phi) is 5.49. The van der Waals surface area contributed by atoms with E-state index < -0.39 is 5.41 Å². The van der Waals surface area contributed by atoms with Gasteiger partial charge in [-0.15, -0.1) is 0 Å². The van der Waals surface area contributed by atoms with Crippen LogP contribution in [0.15, 0.2) is 10.7 Å². The zero-order valence-corrected chi connectivity index (χ0v) is 12.7. The van der Waals surface area contributed by atoms with Crippen LogP contribution in [0.3, 0.4) is 0 Å². The second kappa shape index (κ2) is 6.45. The molecule has 1 atom stereocenters. The number of carbonyl (C=O) groups excluding carboxylic acids is 1. The Morgan fingerprint density at radius 1 is 1.67 bits per heavy atom. The number of nitrogens with zero attached hydrogens (tertiary/aromatic N) is 2. The Morgan fingerprint density at radius 2 is 2.33 bits per heavy atom. The highest BCUT2D eigenvalue weighted by Gasteiger charge is 2.34. The van der Waals surface area contributed by atoms with Gasteiger partial charge in [-0.3, -0.25) is 9.48 Å². The fourth-order valence-electron chi connectivity index (χ4n) is 1.62. The fraction of sp³-hybridized carbons (Fsp3) is 0.667. The maximum Gasteiger partial charge on any atom is 0.189 e. The van der Waals surface area contributed by atoms with E-state index in [1.807, 2.05) is 13.8 Å². The van der Waals surface area contributed by atoms with Crippen LogP contribution in [0.4, 0.5) is 0 Å². The molecule has 0 amide bonds. The molecule has 0 aliphatic carbocycles. The average molecular weight is 318 g/mol. The molecular formula is C12H20BrN3O2. The molecule has 1 aromatic rings. The summed E-state index contributed by atoms with van der Waals surface area (Å²) >= 11 is 3.37. The van der Waals surface area contributed by atoms with Crippen molar-refractivity contribution in [3.05, 3.63) is 16.4 Å². The van der Waals surface area contributed by atoms with E-state index in [2.05, 4.69) is 21.0 Å². The number of aromatic nitrogens is 2. The van der Waals surface area contributed by atoms with Gasteiger partial charge in [0, 0.05) is 19.1 Å². The van der Waals surface area contributed by atoms with Crippen LogP contribution in [-0.2, 0) is 11.3 Å². The lowest BCUT2D eigenvalue weighted by atomic mass is 9.81. The molecular weight excluding hydrogens is 298 g/mol. The average Bonchev–Trinajstić information content (AvgIpc) is 2.75. The number of halogens is 1. The number of nitrogens with two attached hydrogens (primary N) is 1. The molecule has 1 heterocycles. The van der Waals surface area contributed by atoms with Gasteiger partial charge in [0.05, 0.1) is 23.8 Å². The van der Waals surface area contributed by atoms with Crippen molar-refractivity contribution in [3.8, 4) is 0 Å². The van der Waals surface area contributed by atoms with Crippen LogP contribution in [0.25, 0.3) is 0 Å². The highest BCUT2D eigenvalue weighted by atomic mass is 79.9. The van der Waals surface area contributed by atoms with Crippen molar-refractivity contribution in [2.45, 2.75) is 26.8 Å². The van der Waals surface area contributed by atoms with Gasteiger partial charge in [-0.25, -0.2) is 0 Å². The predicted molar refractivity (Wildman–Crippen MR) is 73.6 cm³/mol. The molecule has 0 radical (unpaired) electrons. The van der Waals surface area contributed by atoms with E-state index in [-0.39, 0.29) is 5.78 Å². The molecule has 1 aromatic heterocycles. The van der Waals surface area contributed by atoms with Crippen LogP contribution in [0.2, 0.25) is 0 Å². The number of Topliss-reactive ketones (excluding diaryl/α,β-unsaturated/α-hetero) is 1. The lowest BCUT2D eigenvalue weighted by Crippen LogP contribution is -2.36. The van der Waals surface area contributed by atoms with Crippen molar-refractivity contribution in [3.63, 3.8) is 0 Å². The summed E-state index contributed by atoms with van der Waals surface area (Å²) in [6, 6.07) is 0. The first-order chi connectivity index (χ1) is 8.50. The standard InChI is InChI=1S/C12H20BrN3O2/c1-4-12(2,8-14)11(17)10-9(13)7-15-16(10)5-6-18-3/h7H,4-6,8,14H2,1-3H3. The summed E-state index contributed by atoms with van der Waals surface area (Å²) < 4.78 is 7.39. The molecule has 0 bridgehead atoms. The van der Waals surface area contributed by atoms with Crippen LogP contribution >= 0.6 is 15.9 Å². The second-order valence-corrected chi connectivity index (χ2v) is 5.36. The molecule has 0 fully saturated rings. The molecule has 0 saturated carbocycles. The third kappa shape index (κ3) is 2.99. The van der Waals surface area contributed by atoms with Gasteiger partial charge in [0.1, 0.15) is 5.69 Å². The van der Waals surface area contributed by atoms with E-state index in [1.54, 1.807) is 18.0 Å². The van der Waals surface area contributed by atoms with Gasteiger partial charge in [0.25, 0.3) is 0 Å². The first kappa shape index (κ1) is 15.3. The van der Waals surface area contributed by atoms with E-state index in [4.69, 9.17) is 10.5 Å². The zero-order valence-electron chi connectivity index (χ0n) is 11.1. The van der Waals surface area contributed by atoms with Crippen LogP contribution in [-0.4, -0.2) is 35.8 Å². The van der Waals surface area contributed by atoms with Crippen molar-refractivity contribution < 1.29 is 9.53 Å².